The van der Waals surface area contributed by atoms with Gasteiger partial charge in [0.05, 0.1) is 22.5 Å². The Hall–Kier alpha value is -2.48. The molecule has 0 aliphatic carbocycles. The highest BCUT2D eigenvalue weighted by molar-refractivity contribution is 6.36. The summed E-state index contributed by atoms with van der Waals surface area (Å²) in [5.74, 6) is 0.540. The van der Waals surface area contributed by atoms with Gasteiger partial charge in [0.2, 0.25) is 0 Å². The van der Waals surface area contributed by atoms with E-state index in [1.165, 1.54) is 0 Å². The van der Waals surface area contributed by atoms with Crippen molar-refractivity contribution in [3.63, 3.8) is 0 Å². The van der Waals surface area contributed by atoms with Gasteiger partial charge in [0.1, 0.15) is 5.69 Å². The van der Waals surface area contributed by atoms with Crippen molar-refractivity contribution in [3.05, 3.63) is 57.5 Å². The summed E-state index contributed by atoms with van der Waals surface area (Å²) in [4.78, 5) is 26.5. The number of halogens is 2. The van der Waals surface area contributed by atoms with E-state index in [4.69, 9.17) is 23.2 Å². The van der Waals surface area contributed by atoms with E-state index in [1.54, 1.807) is 12.3 Å². The third-order valence-electron chi connectivity index (χ3n) is 5.73. The quantitative estimate of drug-likeness (QED) is 0.529. The standard InChI is InChI=1S/C23H26Cl2N6O/c1-14-10-15(2)28-23(27-14)22-18(12-26-29-22)21(32)6-7-30-8-9-31(16(3)13-30)20-5-4-17(24)11-19(20)25/h4-5,10-12,16H,6-9,13H2,1-3H3,(H,26,29). The van der Waals surface area contributed by atoms with Crippen LogP contribution < -0.4 is 4.90 Å². The molecule has 3 aromatic rings. The van der Waals surface area contributed by atoms with Gasteiger partial charge in [-0.2, -0.15) is 5.10 Å². The van der Waals surface area contributed by atoms with Crippen LogP contribution in [0.2, 0.25) is 10.0 Å². The van der Waals surface area contributed by atoms with Gasteiger partial charge >= 0.3 is 0 Å². The molecule has 2 aromatic heterocycles. The van der Waals surface area contributed by atoms with Gasteiger partial charge in [-0.3, -0.25) is 14.8 Å². The summed E-state index contributed by atoms with van der Waals surface area (Å²) in [6, 6.07) is 7.78. The molecule has 1 aliphatic heterocycles. The Morgan fingerprint density at radius 3 is 2.59 bits per heavy atom. The van der Waals surface area contributed by atoms with Crippen molar-refractivity contribution in [3.8, 4) is 11.5 Å². The molecule has 7 nitrogen and oxygen atoms in total. The van der Waals surface area contributed by atoms with Crippen LogP contribution in [0.1, 0.15) is 35.1 Å². The van der Waals surface area contributed by atoms with Crippen LogP contribution in [0.3, 0.4) is 0 Å². The number of anilines is 1. The first kappa shape index (κ1) is 22.7. The van der Waals surface area contributed by atoms with Gasteiger partial charge in [0.25, 0.3) is 0 Å². The summed E-state index contributed by atoms with van der Waals surface area (Å²) in [6.07, 6.45) is 1.98. The topological polar surface area (TPSA) is 78.0 Å². The maximum Gasteiger partial charge on any atom is 0.178 e. The first-order valence-corrected chi connectivity index (χ1v) is 11.4. The van der Waals surface area contributed by atoms with Gasteiger partial charge < -0.3 is 4.90 Å². The number of hydrogen-bond donors (Lipinski definition) is 1. The lowest BCUT2D eigenvalue weighted by atomic mass is 10.1. The van der Waals surface area contributed by atoms with E-state index in [9.17, 15) is 4.79 Å². The van der Waals surface area contributed by atoms with Crippen LogP contribution >= 0.6 is 23.2 Å². The first-order chi connectivity index (χ1) is 15.3. The van der Waals surface area contributed by atoms with Crippen LogP contribution in [0.5, 0.6) is 0 Å². The highest BCUT2D eigenvalue weighted by atomic mass is 35.5. The molecule has 0 amide bonds. The third kappa shape index (κ3) is 4.95. The van der Waals surface area contributed by atoms with E-state index in [-0.39, 0.29) is 11.8 Å². The number of benzene rings is 1. The first-order valence-electron chi connectivity index (χ1n) is 10.6. The number of piperazine rings is 1. The van der Waals surface area contributed by atoms with E-state index in [2.05, 4.69) is 36.9 Å². The number of carbonyl (C=O) groups excluding carboxylic acids is 1. The van der Waals surface area contributed by atoms with Crippen molar-refractivity contribution in [1.82, 2.24) is 25.1 Å². The number of aromatic amines is 1. The monoisotopic (exact) mass is 472 g/mol. The number of ketones is 1. The summed E-state index contributed by atoms with van der Waals surface area (Å²) < 4.78 is 0. The minimum absolute atomic E-state index is 0.0346. The third-order valence-corrected chi connectivity index (χ3v) is 6.27. The Labute approximate surface area is 197 Å². The van der Waals surface area contributed by atoms with E-state index in [1.807, 2.05) is 32.0 Å². The van der Waals surface area contributed by atoms with Crippen LogP contribution in [-0.4, -0.2) is 63.1 Å². The molecule has 1 N–H and O–H groups in total. The maximum absolute atomic E-state index is 13.0. The molecule has 1 atom stereocenters. The van der Waals surface area contributed by atoms with Crippen molar-refractivity contribution in [1.29, 1.82) is 0 Å². The molecule has 1 aromatic carbocycles. The molecule has 4 rings (SSSR count). The van der Waals surface area contributed by atoms with Gasteiger partial charge in [-0.15, -0.1) is 0 Å². The summed E-state index contributed by atoms with van der Waals surface area (Å²) in [5.41, 5.74) is 3.82. The lowest BCUT2D eigenvalue weighted by Crippen LogP contribution is -2.52. The molecule has 9 heteroatoms. The molecule has 3 heterocycles. The zero-order valence-corrected chi connectivity index (χ0v) is 19.9. The molecular weight excluding hydrogens is 447 g/mol. The summed E-state index contributed by atoms with van der Waals surface area (Å²) in [6.45, 7) is 9.22. The molecule has 32 heavy (non-hydrogen) atoms. The Bertz CT molecular complexity index is 1110. The predicted octanol–water partition coefficient (Wildman–Crippen LogP) is 4.57. The smallest absolute Gasteiger partial charge is 0.178 e. The molecule has 0 bridgehead atoms. The van der Waals surface area contributed by atoms with E-state index in [0.29, 0.717) is 40.1 Å². The maximum atomic E-state index is 13.0. The largest absolute Gasteiger partial charge is 0.365 e. The average molecular weight is 473 g/mol. The van der Waals surface area contributed by atoms with Gasteiger partial charge in [0.15, 0.2) is 11.6 Å². The van der Waals surface area contributed by atoms with E-state index < -0.39 is 0 Å². The minimum Gasteiger partial charge on any atom is -0.365 e. The molecule has 168 valence electrons. The number of hydrogen-bond acceptors (Lipinski definition) is 6. The summed E-state index contributed by atoms with van der Waals surface area (Å²) in [7, 11) is 0. The molecule has 0 radical (unpaired) electrons. The highest BCUT2D eigenvalue weighted by Crippen LogP contribution is 2.31. The molecule has 1 saturated heterocycles. The fourth-order valence-corrected chi connectivity index (χ4v) is 4.73. The Morgan fingerprint density at radius 1 is 1.16 bits per heavy atom. The molecule has 1 aliphatic rings. The molecule has 0 spiro atoms. The lowest BCUT2D eigenvalue weighted by molar-refractivity contribution is 0.0959. The summed E-state index contributed by atoms with van der Waals surface area (Å²) in [5, 5.41) is 8.27. The normalized spacial score (nSPS) is 17.0. The van der Waals surface area contributed by atoms with Crippen molar-refractivity contribution in [2.24, 2.45) is 0 Å². The number of H-pyrrole nitrogens is 1. The Kier molecular flexibility index (Phi) is 6.79. The number of nitrogens with one attached hydrogen (secondary N) is 1. The van der Waals surface area contributed by atoms with Crippen molar-refractivity contribution in [2.45, 2.75) is 33.2 Å². The number of rotatable bonds is 6. The second kappa shape index (κ2) is 9.57. The Balaban J connectivity index is 1.38. The fraction of sp³-hybridized carbons (Fsp3) is 0.391. The number of Topliss-reactive ketones (excluding diaryl/α,β-unsaturated/α-hetero) is 1. The van der Waals surface area contributed by atoms with Crippen molar-refractivity contribution < 1.29 is 4.79 Å². The predicted molar refractivity (Wildman–Crippen MR) is 128 cm³/mol. The zero-order valence-electron chi connectivity index (χ0n) is 18.4. The summed E-state index contributed by atoms with van der Waals surface area (Å²) >= 11 is 12.4. The van der Waals surface area contributed by atoms with Gasteiger partial charge in [-0.1, -0.05) is 23.2 Å². The van der Waals surface area contributed by atoms with Gasteiger partial charge in [-0.25, -0.2) is 9.97 Å². The minimum atomic E-state index is 0.0346. The van der Waals surface area contributed by atoms with Gasteiger partial charge in [0, 0.05) is 55.1 Å². The molecule has 1 fully saturated rings. The number of nitrogens with zero attached hydrogens (tertiary/aromatic N) is 5. The van der Waals surface area contributed by atoms with E-state index >= 15 is 0 Å². The van der Waals surface area contributed by atoms with Crippen LogP contribution in [0.25, 0.3) is 11.5 Å². The Morgan fingerprint density at radius 2 is 1.91 bits per heavy atom. The van der Waals surface area contributed by atoms with Crippen molar-refractivity contribution in [2.75, 3.05) is 31.1 Å². The molecule has 1 unspecified atom stereocenters. The van der Waals surface area contributed by atoms with Crippen LogP contribution in [0.4, 0.5) is 5.69 Å². The second-order valence-electron chi connectivity index (χ2n) is 8.24. The molecular formula is C23H26Cl2N6O. The average Bonchev–Trinajstić information content (AvgIpc) is 3.22. The second-order valence-corrected chi connectivity index (χ2v) is 9.09. The highest BCUT2D eigenvalue weighted by Gasteiger charge is 2.26. The number of aromatic nitrogens is 4. The van der Waals surface area contributed by atoms with E-state index in [0.717, 1.165) is 36.7 Å². The van der Waals surface area contributed by atoms with Crippen LogP contribution in [-0.2, 0) is 0 Å². The van der Waals surface area contributed by atoms with Crippen LogP contribution in [0, 0.1) is 13.8 Å². The molecule has 0 saturated carbocycles. The van der Waals surface area contributed by atoms with Crippen LogP contribution in [0.15, 0.2) is 30.5 Å². The van der Waals surface area contributed by atoms with Gasteiger partial charge in [-0.05, 0) is 45.0 Å². The number of aryl methyl sites for hydroxylation is 2. The number of carbonyl (C=O) groups is 1. The zero-order chi connectivity index (χ0) is 22.8. The van der Waals surface area contributed by atoms with Crippen molar-refractivity contribution >= 4 is 34.7 Å². The SMILES string of the molecule is Cc1cc(C)nc(-c2[nH]ncc2C(=O)CCN2CCN(c3ccc(Cl)cc3Cl)C(C)C2)n1. The lowest BCUT2D eigenvalue weighted by Gasteiger charge is -2.41. The fourth-order valence-electron chi connectivity index (χ4n) is 4.21.